The Morgan fingerprint density at radius 2 is 1.86 bits per heavy atom. The molecule has 0 radical (unpaired) electrons. The molecule has 0 aromatic heterocycles. The Morgan fingerprint density at radius 3 is 2.66 bits per heavy atom. The summed E-state index contributed by atoms with van der Waals surface area (Å²) in [6.07, 6.45) is 2.15. The molecule has 2 aliphatic heterocycles. The van der Waals surface area contributed by atoms with Crippen molar-refractivity contribution in [3.63, 3.8) is 0 Å². The van der Waals surface area contributed by atoms with E-state index in [9.17, 15) is 4.79 Å². The Balaban J connectivity index is 1.19. The van der Waals surface area contributed by atoms with Gasteiger partial charge in [0.05, 0.1) is 0 Å². The van der Waals surface area contributed by atoms with Gasteiger partial charge in [0.25, 0.3) is 0 Å². The number of rotatable bonds is 5. The fourth-order valence-corrected chi connectivity index (χ4v) is 3.99. The molecule has 2 aromatic rings. The third kappa shape index (κ3) is 5.55. The van der Waals surface area contributed by atoms with Crippen molar-refractivity contribution in [3.05, 3.63) is 53.1 Å². The molecule has 2 N–H and O–H groups in total. The molecule has 29 heavy (non-hydrogen) atoms. The molecule has 0 bridgehead atoms. The van der Waals surface area contributed by atoms with E-state index in [1.807, 2.05) is 30.3 Å². The van der Waals surface area contributed by atoms with Gasteiger partial charge in [-0.2, -0.15) is 0 Å². The topological polar surface area (TPSA) is 62.8 Å². The van der Waals surface area contributed by atoms with Gasteiger partial charge in [-0.3, -0.25) is 4.90 Å². The first-order chi connectivity index (χ1) is 14.2. The van der Waals surface area contributed by atoms with Crippen LogP contribution in [0.3, 0.4) is 0 Å². The molecule has 0 saturated carbocycles. The highest BCUT2D eigenvalue weighted by Crippen LogP contribution is 2.32. The molecule has 0 spiro atoms. The van der Waals surface area contributed by atoms with Gasteiger partial charge >= 0.3 is 6.03 Å². The molecule has 2 heterocycles. The zero-order chi connectivity index (χ0) is 20.1. The van der Waals surface area contributed by atoms with E-state index in [1.54, 1.807) is 6.07 Å². The maximum atomic E-state index is 12.2. The highest BCUT2D eigenvalue weighted by Gasteiger charge is 2.20. The minimum absolute atomic E-state index is 0.192. The van der Waals surface area contributed by atoms with Crippen LogP contribution in [-0.4, -0.2) is 43.8 Å². The second-order valence-corrected chi connectivity index (χ2v) is 7.98. The second kappa shape index (κ2) is 9.37. The molecule has 0 atom stereocenters. The van der Waals surface area contributed by atoms with Crippen LogP contribution in [0.5, 0.6) is 11.5 Å². The van der Waals surface area contributed by atoms with Crippen LogP contribution >= 0.6 is 11.6 Å². The van der Waals surface area contributed by atoms with Crippen LogP contribution in [0.1, 0.15) is 18.4 Å². The standard InChI is InChI=1S/C22H26ClN3O3/c23-18-3-1-2-17(12-18)15-26-8-6-16(7-9-26)14-24-22(27)25-19-4-5-20-21(13-19)29-11-10-28-20/h1-5,12-13,16H,6-11,14-15H2,(H2,24,25,27). The number of piperidine rings is 1. The molecule has 2 amide bonds. The highest BCUT2D eigenvalue weighted by atomic mass is 35.5. The van der Waals surface area contributed by atoms with Crippen LogP contribution in [0, 0.1) is 5.92 Å². The predicted molar refractivity (Wildman–Crippen MR) is 114 cm³/mol. The van der Waals surface area contributed by atoms with E-state index in [2.05, 4.69) is 21.6 Å². The number of carbonyl (C=O) groups is 1. The van der Waals surface area contributed by atoms with Gasteiger partial charge in [0, 0.05) is 29.9 Å². The number of ether oxygens (including phenoxy) is 2. The summed E-state index contributed by atoms with van der Waals surface area (Å²) < 4.78 is 11.0. The number of carbonyl (C=O) groups excluding carboxylic acids is 1. The summed E-state index contributed by atoms with van der Waals surface area (Å²) in [6, 6.07) is 13.3. The third-order valence-corrected chi connectivity index (χ3v) is 5.59. The Labute approximate surface area is 176 Å². The average Bonchev–Trinajstić information content (AvgIpc) is 2.73. The number of amides is 2. The molecule has 7 heteroatoms. The van der Waals surface area contributed by atoms with Crippen molar-refractivity contribution < 1.29 is 14.3 Å². The summed E-state index contributed by atoms with van der Waals surface area (Å²) >= 11 is 6.07. The molecule has 4 rings (SSSR count). The van der Waals surface area contributed by atoms with Gasteiger partial charge in [-0.1, -0.05) is 23.7 Å². The number of anilines is 1. The molecule has 0 unspecified atom stereocenters. The SMILES string of the molecule is O=C(NCC1CCN(Cc2cccc(Cl)c2)CC1)Nc1ccc2c(c1)OCCO2. The lowest BCUT2D eigenvalue weighted by Crippen LogP contribution is -2.39. The Kier molecular flexibility index (Phi) is 6.42. The van der Waals surface area contributed by atoms with Crippen LogP contribution in [0.4, 0.5) is 10.5 Å². The highest BCUT2D eigenvalue weighted by molar-refractivity contribution is 6.30. The van der Waals surface area contributed by atoms with E-state index < -0.39 is 0 Å². The van der Waals surface area contributed by atoms with E-state index in [0.29, 0.717) is 42.9 Å². The first kappa shape index (κ1) is 19.9. The molecule has 2 aromatic carbocycles. The zero-order valence-corrected chi connectivity index (χ0v) is 17.1. The first-order valence-electron chi connectivity index (χ1n) is 10.1. The Morgan fingerprint density at radius 1 is 1.07 bits per heavy atom. The number of benzene rings is 2. The van der Waals surface area contributed by atoms with Gasteiger partial charge in [0.2, 0.25) is 0 Å². The van der Waals surface area contributed by atoms with E-state index in [1.165, 1.54) is 5.56 Å². The van der Waals surface area contributed by atoms with Crippen molar-refractivity contribution >= 4 is 23.3 Å². The van der Waals surface area contributed by atoms with E-state index in [0.717, 1.165) is 37.5 Å². The molecule has 1 saturated heterocycles. The molecule has 0 aliphatic carbocycles. The maximum absolute atomic E-state index is 12.2. The van der Waals surface area contributed by atoms with Gasteiger partial charge < -0.3 is 20.1 Å². The Bertz CT molecular complexity index is 853. The molecular formula is C22H26ClN3O3. The number of likely N-dealkylation sites (tertiary alicyclic amines) is 1. The summed E-state index contributed by atoms with van der Waals surface area (Å²) in [5.41, 5.74) is 1.94. The van der Waals surface area contributed by atoms with Gasteiger partial charge in [-0.25, -0.2) is 4.79 Å². The lowest BCUT2D eigenvalue weighted by atomic mass is 9.96. The van der Waals surface area contributed by atoms with E-state index >= 15 is 0 Å². The maximum Gasteiger partial charge on any atom is 0.319 e. The number of hydrogen-bond donors (Lipinski definition) is 2. The lowest BCUT2D eigenvalue weighted by molar-refractivity contribution is 0.171. The summed E-state index contributed by atoms with van der Waals surface area (Å²) in [4.78, 5) is 14.7. The van der Waals surface area contributed by atoms with Crippen molar-refractivity contribution in [1.29, 1.82) is 0 Å². The number of fused-ring (bicyclic) bond motifs is 1. The third-order valence-electron chi connectivity index (χ3n) is 5.35. The fraction of sp³-hybridized carbons (Fsp3) is 0.409. The van der Waals surface area contributed by atoms with E-state index in [4.69, 9.17) is 21.1 Å². The monoisotopic (exact) mass is 415 g/mol. The minimum Gasteiger partial charge on any atom is -0.486 e. The molecule has 1 fully saturated rings. The van der Waals surface area contributed by atoms with Crippen LogP contribution in [-0.2, 0) is 6.54 Å². The number of halogens is 1. The molecule has 6 nitrogen and oxygen atoms in total. The first-order valence-corrected chi connectivity index (χ1v) is 10.4. The van der Waals surface area contributed by atoms with Crippen molar-refractivity contribution in [1.82, 2.24) is 10.2 Å². The van der Waals surface area contributed by atoms with Crippen LogP contribution in [0.2, 0.25) is 5.02 Å². The fourth-order valence-electron chi connectivity index (χ4n) is 3.78. The normalized spacial score (nSPS) is 17.0. The molecule has 2 aliphatic rings. The van der Waals surface area contributed by atoms with Crippen molar-refractivity contribution in [3.8, 4) is 11.5 Å². The lowest BCUT2D eigenvalue weighted by Gasteiger charge is -2.32. The van der Waals surface area contributed by atoms with Gasteiger partial charge in [-0.05, 0) is 61.7 Å². The number of nitrogens with zero attached hydrogens (tertiary/aromatic N) is 1. The summed E-state index contributed by atoms with van der Waals surface area (Å²) in [6.45, 7) is 4.74. The van der Waals surface area contributed by atoms with Gasteiger partial charge in [-0.15, -0.1) is 0 Å². The quantitative estimate of drug-likeness (QED) is 0.770. The smallest absolute Gasteiger partial charge is 0.319 e. The largest absolute Gasteiger partial charge is 0.486 e. The predicted octanol–water partition coefficient (Wildman–Crippen LogP) is 4.14. The van der Waals surface area contributed by atoms with Crippen molar-refractivity contribution in [2.45, 2.75) is 19.4 Å². The molecule has 154 valence electrons. The van der Waals surface area contributed by atoms with E-state index in [-0.39, 0.29) is 6.03 Å². The van der Waals surface area contributed by atoms with Gasteiger partial charge in [0.15, 0.2) is 11.5 Å². The minimum atomic E-state index is -0.192. The second-order valence-electron chi connectivity index (χ2n) is 7.54. The van der Waals surface area contributed by atoms with Gasteiger partial charge in [0.1, 0.15) is 13.2 Å². The average molecular weight is 416 g/mol. The van der Waals surface area contributed by atoms with Crippen molar-refractivity contribution in [2.24, 2.45) is 5.92 Å². The number of nitrogens with one attached hydrogen (secondary N) is 2. The van der Waals surface area contributed by atoms with Crippen LogP contribution in [0.15, 0.2) is 42.5 Å². The van der Waals surface area contributed by atoms with Crippen LogP contribution in [0.25, 0.3) is 0 Å². The molecular weight excluding hydrogens is 390 g/mol. The summed E-state index contributed by atoms with van der Waals surface area (Å²) in [5.74, 6) is 1.88. The van der Waals surface area contributed by atoms with Crippen molar-refractivity contribution in [2.75, 3.05) is 38.2 Å². The summed E-state index contributed by atoms with van der Waals surface area (Å²) in [7, 11) is 0. The Hall–Kier alpha value is -2.44. The summed E-state index contributed by atoms with van der Waals surface area (Å²) in [5, 5.41) is 6.65. The number of urea groups is 1. The number of hydrogen-bond acceptors (Lipinski definition) is 4. The van der Waals surface area contributed by atoms with Crippen LogP contribution < -0.4 is 20.1 Å². The zero-order valence-electron chi connectivity index (χ0n) is 16.3.